The average Bonchev–Trinajstić information content (AvgIpc) is 3.46. The zero-order chi connectivity index (χ0) is 25.4. The molecular formula is C25H20Br2N4O3S2. The zero-order valence-electron chi connectivity index (χ0n) is 19.0. The topological polar surface area (TPSA) is 105 Å². The summed E-state index contributed by atoms with van der Waals surface area (Å²) in [5.41, 5.74) is 3.38. The van der Waals surface area contributed by atoms with E-state index in [1.165, 1.54) is 11.8 Å². The molecule has 7 nitrogen and oxygen atoms in total. The summed E-state index contributed by atoms with van der Waals surface area (Å²) in [4.78, 5) is 42.8. The van der Waals surface area contributed by atoms with Crippen molar-refractivity contribution in [1.29, 1.82) is 0 Å². The van der Waals surface area contributed by atoms with Crippen LogP contribution >= 0.6 is 55.4 Å². The van der Waals surface area contributed by atoms with Gasteiger partial charge in [-0.3, -0.25) is 19.5 Å². The van der Waals surface area contributed by atoms with Gasteiger partial charge >= 0.3 is 0 Å². The van der Waals surface area contributed by atoms with Gasteiger partial charge in [-0.1, -0.05) is 73.5 Å². The molecule has 0 bridgehead atoms. The van der Waals surface area contributed by atoms with Gasteiger partial charge in [0.1, 0.15) is 17.8 Å². The monoisotopic (exact) mass is 646 g/mol. The van der Waals surface area contributed by atoms with Gasteiger partial charge in [-0.2, -0.15) is 0 Å². The fourth-order valence-corrected chi connectivity index (χ4v) is 6.85. The molecule has 1 aliphatic carbocycles. The van der Waals surface area contributed by atoms with Crippen molar-refractivity contribution >= 4 is 78.9 Å². The number of nitrogens with one attached hydrogen (secondary N) is 2. The Balaban J connectivity index is 1.23. The van der Waals surface area contributed by atoms with Crippen LogP contribution in [0.15, 0.2) is 62.1 Å². The first-order valence-electron chi connectivity index (χ1n) is 11.1. The molecule has 5 rings (SSSR count). The maximum absolute atomic E-state index is 13.2. The van der Waals surface area contributed by atoms with Crippen LogP contribution < -0.4 is 5.32 Å². The first kappa shape index (κ1) is 25.4. The molecule has 3 atom stereocenters. The van der Waals surface area contributed by atoms with E-state index < -0.39 is 12.0 Å². The number of aromatic amines is 1. The summed E-state index contributed by atoms with van der Waals surface area (Å²) in [6.45, 7) is 1.90. The van der Waals surface area contributed by atoms with Crippen LogP contribution in [0.4, 0.5) is 0 Å². The van der Waals surface area contributed by atoms with Crippen LogP contribution in [-0.2, 0) is 9.59 Å². The van der Waals surface area contributed by atoms with Gasteiger partial charge in [0.15, 0.2) is 11.6 Å². The molecule has 3 unspecified atom stereocenters. The molecule has 36 heavy (non-hydrogen) atoms. The number of ketones is 2. The number of thioether (sulfide) groups is 2. The van der Waals surface area contributed by atoms with E-state index in [1.807, 2.05) is 55.5 Å². The Morgan fingerprint density at radius 1 is 1.17 bits per heavy atom. The fourth-order valence-electron chi connectivity index (χ4n) is 4.32. The molecule has 1 aromatic heterocycles. The number of aromatic nitrogens is 3. The summed E-state index contributed by atoms with van der Waals surface area (Å²) >= 11 is 9.54. The van der Waals surface area contributed by atoms with Crippen LogP contribution in [0.2, 0.25) is 0 Å². The summed E-state index contributed by atoms with van der Waals surface area (Å²) in [6.07, 6.45) is 1.98. The minimum atomic E-state index is -0.570. The van der Waals surface area contributed by atoms with E-state index in [2.05, 4.69) is 52.4 Å². The van der Waals surface area contributed by atoms with Gasteiger partial charge in [-0.15, -0.1) is 16.9 Å². The standard InChI is InChI=1S/C25H20Br2N4O3S2/c1-12-8-14-4-7-16(27)9-17(14)22(34)20(12)24-29-25(31-30-24)36-11-19(33)28-21-18(32)10-35-23(21)13-2-5-15(26)6-3-13/h2-9,20-21,23H,10-11H2,1H3,(H,28,33)(H,29,30,31). The third-order valence-corrected chi connectivity index (χ3v) is 9.26. The van der Waals surface area contributed by atoms with E-state index in [9.17, 15) is 14.4 Å². The Morgan fingerprint density at radius 3 is 2.69 bits per heavy atom. The minimum Gasteiger partial charge on any atom is -0.344 e. The Bertz CT molecular complexity index is 1390. The number of amides is 1. The lowest BCUT2D eigenvalue weighted by atomic mass is 9.82. The van der Waals surface area contributed by atoms with Gasteiger partial charge in [0.2, 0.25) is 11.1 Å². The van der Waals surface area contributed by atoms with Gasteiger partial charge < -0.3 is 5.32 Å². The molecule has 2 aromatic carbocycles. The van der Waals surface area contributed by atoms with Crippen molar-refractivity contribution in [1.82, 2.24) is 20.5 Å². The van der Waals surface area contributed by atoms with E-state index in [4.69, 9.17) is 0 Å². The predicted molar refractivity (Wildman–Crippen MR) is 148 cm³/mol. The summed E-state index contributed by atoms with van der Waals surface area (Å²) in [7, 11) is 0. The van der Waals surface area contributed by atoms with E-state index in [-0.39, 0.29) is 28.5 Å². The number of Topliss-reactive ketones (excluding diaryl/α,β-unsaturated/α-hetero) is 2. The third kappa shape index (κ3) is 5.25. The second-order valence-electron chi connectivity index (χ2n) is 8.50. The number of hydrogen-bond donors (Lipinski definition) is 2. The number of halogens is 2. The van der Waals surface area contributed by atoms with Crippen molar-refractivity contribution in [3.63, 3.8) is 0 Å². The second kappa shape index (κ2) is 10.6. The van der Waals surface area contributed by atoms with Crippen molar-refractivity contribution in [2.75, 3.05) is 11.5 Å². The highest BCUT2D eigenvalue weighted by molar-refractivity contribution is 9.10. The van der Waals surface area contributed by atoms with Crippen molar-refractivity contribution in [2.24, 2.45) is 0 Å². The lowest BCUT2D eigenvalue weighted by Gasteiger charge is -2.21. The molecule has 1 amide bonds. The van der Waals surface area contributed by atoms with Gasteiger partial charge in [0.05, 0.1) is 16.8 Å². The number of hydrogen-bond acceptors (Lipinski definition) is 7. The number of carbonyl (C=O) groups excluding carboxylic acids is 3. The van der Waals surface area contributed by atoms with Gasteiger partial charge in [0.25, 0.3) is 0 Å². The molecule has 2 heterocycles. The molecule has 2 aliphatic rings. The predicted octanol–water partition coefficient (Wildman–Crippen LogP) is 5.35. The number of allylic oxidation sites excluding steroid dienone is 1. The molecule has 184 valence electrons. The van der Waals surface area contributed by atoms with E-state index in [0.29, 0.717) is 22.3 Å². The van der Waals surface area contributed by atoms with Gasteiger partial charge in [-0.05, 0) is 42.3 Å². The van der Waals surface area contributed by atoms with Crippen LogP contribution in [0, 0.1) is 0 Å². The molecule has 3 aromatic rings. The maximum atomic E-state index is 13.2. The van der Waals surface area contributed by atoms with Gasteiger partial charge in [0, 0.05) is 14.5 Å². The molecule has 1 fully saturated rings. The van der Waals surface area contributed by atoms with Crippen LogP contribution in [0.25, 0.3) is 6.08 Å². The molecule has 1 saturated heterocycles. The van der Waals surface area contributed by atoms with Crippen LogP contribution in [0.1, 0.15) is 45.4 Å². The van der Waals surface area contributed by atoms with Gasteiger partial charge in [-0.25, -0.2) is 4.98 Å². The van der Waals surface area contributed by atoms with Crippen LogP contribution in [0.3, 0.4) is 0 Å². The minimum absolute atomic E-state index is 0.0106. The summed E-state index contributed by atoms with van der Waals surface area (Å²) in [6, 6.07) is 12.8. The van der Waals surface area contributed by atoms with Crippen molar-refractivity contribution in [3.05, 3.63) is 79.5 Å². The molecule has 2 N–H and O–H groups in total. The maximum Gasteiger partial charge on any atom is 0.231 e. The van der Waals surface area contributed by atoms with E-state index >= 15 is 0 Å². The highest BCUT2D eigenvalue weighted by Gasteiger charge is 2.37. The number of rotatable bonds is 6. The van der Waals surface area contributed by atoms with Crippen LogP contribution in [0.5, 0.6) is 0 Å². The highest BCUT2D eigenvalue weighted by atomic mass is 79.9. The summed E-state index contributed by atoms with van der Waals surface area (Å²) in [5, 5.41) is 10.2. The molecule has 1 aliphatic heterocycles. The molecule has 0 spiro atoms. The van der Waals surface area contributed by atoms with Crippen molar-refractivity contribution in [2.45, 2.75) is 29.3 Å². The molecule has 0 saturated carbocycles. The van der Waals surface area contributed by atoms with E-state index in [0.717, 1.165) is 37.4 Å². The Hall–Kier alpha value is -2.21. The highest BCUT2D eigenvalue weighted by Crippen LogP contribution is 2.39. The van der Waals surface area contributed by atoms with E-state index in [1.54, 1.807) is 0 Å². The molecule has 0 radical (unpaired) electrons. The molecule has 11 heteroatoms. The average molecular weight is 648 g/mol. The number of nitrogens with zero attached hydrogens (tertiary/aromatic N) is 2. The lowest BCUT2D eigenvalue weighted by Crippen LogP contribution is -2.42. The summed E-state index contributed by atoms with van der Waals surface area (Å²) < 4.78 is 1.80. The Kier molecular flexibility index (Phi) is 7.52. The first-order chi connectivity index (χ1) is 17.3. The first-order valence-corrected chi connectivity index (χ1v) is 14.7. The lowest BCUT2D eigenvalue weighted by molar-refractivity contribution is -0.124. The second-order valence-corrected chi connectivity index (χ2v) is 12.4. The van der Waals surface area contributed by atoms with Crippen molar-refractivity contribution < 1.29 is 14.4 Å². The largest absolute Gasteiger partial charge is 0.344 e. The number of benzene rings is 2. The number of H-pyrrole nitrogens is 1. The zero-order valence-corrected chi connectivity index (χ0v) is 23.8. The SMILES string of the molecule is CC1=Cc2ccc(Br)cc2C(=O)C1c1nc(SCC(=O)NC2C(=O)CSC2c2ccc(Br)cc2)n[nH]1. The normalized spacial score (nSPS) is 21.3. The Morgan fingerprint density at radius 2 is 1.92 bits per heavy atom. The van der Waals surface area contributed by atoms with Crippen LogP contribution in [-0.4, -0.2) is 50.2 Å². The number of fused-ring (bicyclic) bond motifs is 1. The molecular weight excluding hydrogens is 628 g/mol. The summed E-state index contributed by atoms with van der Waals surface area (Å²) in [5.74, 6) is 0.0113. The third-order valence-electron chi connectivity index (χ3n) is 6.04. The quantitative estimate of drug-likeness (QED) is 0.348. The fraction of sp³-hybridized carbons (Fsp3) is 0.240. The van der Waals surface area contributed by atoms with Crippen molar-refractivity contribution in [3.8, 4) is 0 Å². The number of carbonyl (C=O) groups is 3. The Labute approximate surface area is 232 Å². The smallest absolute Gasteiger partial charge is 0.231 e.